The molecule has 1 amide bonds. The summed E-state index contributed by atoms with van der Waals surface area (Å²) in [6.07, 6.45) is 3.35. The van der Waals surface area contributed by atoms with Crippen molar-refractivity contribution >= 4 is 29.7 Å². The molecule has 2 aromatic rings. The van der Waals surface area contributed by atoms with E-state index in [0.29, 0.717) is 5.92 Å². The molecule has 2 unspecified atom stereocenters. The molecule has 1 aliphatic heterocycles. The minimum absolute atomic E-state index is 0.0424. The largest absolute Gasteiger partial charge is 0.494 e. The highest BCUT2D eigenvalue weighted by molar-refractivity contribution is 6.62. The van der Waals surface area contributed by atoms with Crippen LogP contribution in [0.15, 0.2) is 18.2 Å². The van der Waals surface area contributed by atoms with Gasteiger partial charge in [-0.3, -0.25) is 0 Å². The fourth-order valence-electron chi connectivity index (χ4n) is 5.81. The fourth-order valence-corrected chi connectivity index (χ4v) is 5.81. The summed E-state index contributed by atoms with van der Waals surface area (Å²) in [6, 6.07) is 6.07. The molecule has 2 N–H and O–H groups in total. The molecule has 0 spiro atoms. The lowest BCUT2D eigenvalue weighted by Gasteiger charge is -2.47. The lowest BCUT2D eigenvalue weighted by Crippen LogP contribution is -2.54. The minimum Gasteiger partial charge on any atom is -0.444 e. The Morgan fingerprint density at radius 2 is 1.78 bits per heavy atom. The summed E-state index contributed by atoms with van der Waals surface area (Å²) in [5, 5.41) is 3.27. The Morgan fingerprint density at radius 1 is 1.14 bits per heavy atom. The number of imidazole rings is 1. The zero-order valence-corrected chi connectivity index (χ0v) is 23.8. The van der Waals surface area contributed by atoms with Gasteiger partial charge in [-0.25, -0.2) is 9.78 Å². The van der Waals surface area contributed by atoms with Crippen molar-refractivity contribution in [1.29, 1.82) is 0 Å². The van der Waals surface area contributed by atoms with Gasteiger partial charge in [0.1, 0.15) is 17.0 Å². The van der Waals surface area contributed by atoms with Gasteiger partial charge in [-0.05, 0) is 96.7 Å². The first-order chi connectivity index (χ1) is 16.4. The summed E-state index contributed by atoms with van der Waals surface area (Å²) in [5.41, 5.74) is 0.707. The highest BCUT2D eigenvalue weighted by atomic mass is 16.7. The van der Waals surface area contributed by atoms with Gasteiger partial charge in [-0.2, -0.15) is 0 Å². The van der Waals surface area contributed by atoms with Gasteiger partial charge in [-0.15, -0.1) is 0 Å². The van der Waals surface area contributed by atoms with E-state index < -0.39 is 35.6 Å². The number of aromatic nitrogens is 2. The van der Waals surface area contributed by atoms with Gasteiger partial charge >= 0.3 is 13.2 Å². The summed E-state index contributed by atoms with van der Waals surface area (Å²) in [4.78, 5) is 21.6. The molecule has 7 nitrogen and oxygen atoms in total. The zero-order valence-electron chi connectivity index (χ0n) is 23.8. The number of hydrogen-bond donors (Lipinski definition) is 2. The molecule has 1 aromatic carbocycles. The Hall–Kier alpha value is -2.06. The number of alkyl carbamates (subject to hydrolysis) is 1. The van der Waals surface area contributed by atoms with E-state index in [1.807, 2.05) is 32.9 Å². The van der Waals surface area contributed by atoms with Gasteiger partial charge in [0, 0.05) is 0 Å². The van der Waals surface area contributed by atoms with Crippen LogP contribution in [0.2, 0.25) is 0 Å². The van der Waals surface area contributed by atoms with E-state index in [4.69, 9.17) is 19.0 Å². The average molecular weight is 497 g/mol. The van der Waals surface area contributed by atoms with Crippen LogP contribution in [0, 0.1) is 11.3 Å². The third-order valence-corrected chi connectivity index (χ3v) is 8.06. The number of rotatable bonds is 4. The summed E-state index contributed by atoms with van der Waals surface area (Å²) < 4.78 is 18.2. The maximum absolute atomic E-state index is 13.1. The molecule has 4 rings (SSSR count). The van der Waals surface area contributed by atoms with Crippen LogP contribution in [0.25, 0.3) is 11.0 Å². The predicted molar refractivity (Wildman–Crippen MR) is 144 cm³/mol. The van der Waals surface area contributed by atoms with Crippen LogP contribution in [-0.2, 0) is 19.6 Å². The summed E-state index contributed by atoms with van der Waals surface area (Å²) in [7, 11) is -0.446. The van der Waals surface area contributed by atoms with Crippen molar-refractivity contribution < 1.29 is 18.8 Å². The maximum atomic E-state index is 13.1. The number of hydrogen-bond acceptors (Lipinski definition) is 5. The molecular weight excluding hydrogens is 453 g/mol. The Labute approximate surface area is 216 Å². The van der Waals surface area contributed by atoms with E-state index in [2.05, 4.69) is 64.8 Å². The van der Waals surface area contributed by atoms with Crippen molar-refractivity contribution in [3.05, 3.63) is 24.0 Å². The van der Waals surface area contributed by atoms with E-state index in [-0.39, 0.29) is 5.41 Å². The molecule has 2 fully saturated rings. The van der Waals surface area contributed by atoms with Crippen molar-refractivity contribution in [2.75, 3.05) is 0 Å². The molecule has 8 heteroatoms. The van der Waals surface area contributed by atoms with Gasteiger partial charge in [-0.1, -0.05) is 33.3 Å². The minimum atomic E-state index is -0.645. The van der Waals surface area contributed by atoms with Crippen molar-refractivity contribution in [3.8, 4) is 0 Å². The highest BCUT2D eigenvalue weighted by Gasteiger charge is 2.52. The highest BCUT2D eigenvalue weighted by Crippen LogP contribution is 2.49. The van der Waals surface area contributed by atoms with Crippen LogP contribution in [0.4, 0.5) is 4.79 Å². The molecule has 198 valence electrons. The van der Waals surface area contributed by atoms with Crippen LogP contribution in [-0.4, -0.2) is 40.0 Å². The van der Waals surface area contributed by atoms with Gasteiger partial charge in [0.25, 0.3) is 0 Å². The topological polar surface area (TPSA) is 85.5 Å². The maximum Gasteiger partial charge on any atom is 0.494 e. The van der Waals surface area contributed by atoms with Crippen LogP contribution in [0.5, 0.6) is 0 Å². The molecule has 1 saturated heterocycles. The Morgan fingerprint density at radius 3 is 2.36 bits per heavy atom. The van der Waals surface area contributed by atoms with Crippen LogP contribution in [0.3, 0.4) is 0 Å². The lowest BCUT2D eigenvalue weighted by atomic mass is 9.63. The van der Waals surface area contributed by atoms with Gasteiger partial charge in [0.05, 0.1) is 22.2 Å². The number of ether oxygens (including phenoxy) is 1. The van der Waals surface area contributed by atoms with Crippen molar-refractivity contribution in [2.45, 2.75) is 117 Å². The number of nitrogens with one attached hydrogen (secondary N) is 2. The molecule has 2 heterocycles. The monoisotopic (exact) mass is 497 g/mol. The van der Waals surface area contributed by atoms with E-state index >= 15 is 0 Å². The summed E-state index contributed by atoms with van der Waals surface area (Å²) in [6.45, 7) is 20.7. The third-order valence-electron chi connectivity index (χ3n) is 8.06. The van der Waals surface area contributed by atoms with Gasteiger partial charge < -0.3 is 24.3 Å². The van der Waals surface area contributed by atoms with E-state index in [1.54, 1.807) is 0 Å². The second kappa shape index (κ2) is 8.76. The third kappa shape index (κ3) is 5.30. The number of amides is 1. The molecule has 0 bridgehead atoms. The molecule has 2 aliphatic rings. The van der Waals surface area contributed by atoms with E-state index in [1.165, 1.54) is 0 Å². The zero-order chi connectivity index (χ0) is 26.7. The Bertz CT molecular complexity index is 1120. The number of fused-ring (bicyclic) bond motifs is 1. The van der Waals surface area contributed by atoms with E-state index in [9.17, 15) is 4.79 Å². The number of carbonyl (C=O) groups is 1. The molecule has 1 aromatic heterocycles. The molecule has 0 radical (unpaired) electrons. The fraction of sp³-hybridized carbons (Fsp3) is 0.714. The van der Waals surface area contributed by atoms with Crippen molar-refractivity contribution in [3.63, 3.8) is 0 Å². The smallest absolute Gasteiger partial charge is 0.444 e. The van der Waals surface area contributed by atoms with Gasteiger partial charge in [0.2, 0.25) is 0 Å². The first kappa shape index (κ1) is 27.0. The van der Waals surface area contributed by atoms with E-state index in [0.717, 1.165) is 48.0 Å². The Kier molecular flexibility index (Phi) is 6.57. The number of carbonyl (C=O) groups excluding carboxylic acids is 1. The first-order valence-corrected chi connectivity index (χ1v) is 13.3. The second-order valence-electron chi connectivity index (χ2n) is 13.7. The van der Waals surface area contributed by atoms with Gasteiger partial charge in [0.15, 0.2) is 0 Å². The SMILES string of the molecule is CCC1CC(C)(C)CC(NC(=O)OC(C)(C)C)(c2nc3ccc(B4OC(C)(C)C(C)(C)O4)cc3[nH]2)C1. The number of benzene rings is 1. The molecule has 1 aliphatic carbocycles. The first-order valence-electron chi connectivity index (χ1n) is 13.3. The standard InChI is InChI=1S/C28H44BN3O4/c1-11-18-15-25(5,6)17-28(16-18,32-23(33)34-24(2,3)4)22-30-20-13-12-19(14-21(20)31-22)29-35-26(7,8)27(9,10)36-29/h12-14,18H,11,15-17H2,1-10H3,(H,30,31)(H,32,33). The molecule has 36 heavy (non-hydrogen) atoms. The number of nitrogens with zero attached hydrogens (tertiary/aromatic N) is 1. The van der Waals surface area contributed by atoms with Crippen LogP contribution in [0.1, 0.15) is 101 Å². The number of aromatic amines is 1. The predicted octanol–water partition coefficient (Wildman–Crippen LogP) is 5.82. The Balaban J connectivity index is 1.72. The quantitative estimate of drug-likeness (QED) is 0.520. The number of H-pyrrole nitrogens is 1. The summed E-state index contributed by atoms with van der Waals surface area (Å²) >= 11 is 0. The van der Waals surface area contributed by atoms with Crippen molar-refractivity contribution in [1.82, 2.24) is 15.3 Å². The average Bonchev–Trinajstić information content (AvgIpc) is 3.22. The van der Waals surface area contributed by atoms with Crippen LogP contribution >= 0.6 is 0 Å². The normalized spacial score (nSPS) is 27.3. The molecule has 2 atom stereocenters. The lowest BCUT2D eigenvalue weighted by molar-refractivity contribution is 0.00578. The van der Waals surface area contributed by atoms with Crippen LogP contribution < -0.4 is 10.8 Å². The second-order valence-corrected chi connectivity index (χ2v) is 13.7. The molecular formula is C28H44BN3O4. The summed E-state index contributed by atoms with van der Waals surface area (Å²) in [5.74, 6) is 1.25. The molecule has 1 saturated carbocycles. The van der Waals surface area contributed by atoms with Crippen molar-refractivity contribution in [2.24, 2.45) is 11.3 Å².